The van der Waals surface area contributed by atoms with Crippen LogP contribution in [0.4, 0.5) is 11.4 Å². The van der Waals surface area contributed by atoms with Crippen molar-refractivity contribution in [3.63, 3.8) is 0 Å². The summed E-state index contributed by atoms with van der Waals surface area (Å²) in [6.07, 6.45) is 0.483. The molecule has 1 aromatic carbocycles. The van der Waals surface area contributed by atoms with Gasteiger partial charge in [-0.3, -0.25) is 10.1 Å². The van der Waals surface area contributed by atoms with Crippen molar-refractivity contribution in [1.82, 2.24) is 0 Å². The lowest BCUT2D eigenvalue weighted by Gasteiger charge is -2.17. The van der Waals surface area contributed by atoms with Crippen LogP contribution in [0.3, 0.4) is 0 Å². The molecular formula is C12H18N2O3. The van der Waals surface area contributed by atoms with Gasteiger partial charge in [0, 0.05) is 30.9 Å². The zero-order valence-electron chi connectivity index (χ0n) is 10.2. The van der Waals surface area contributed by atoms with E-state index in [-0.39, 0.29) is 11.8 Å². The van der Waals surface area contributed by atoms with Crippen LogP contribution in [-0.4, -0.2) is 29.2 Å². The molecule has 0 aromatic heterocycles. The topological polar surface area (TPSA) is 66.6 Å². The maximum Gasteiger partial charge on any atom is 0.269 e. The molecule has 5 heteroatoms. The standard InChI is InChI=1S/C10H12N2O3.C2H6/c13-10-5-6-11(7-10)8-1-3-9(4-2-8)12(14)15;1-2/h1-4,10,13H,5-7H2;1-2H3. The molecule has 0 radical (unpaired) electrons. The zero-order valence-corrected chi connectivity index (χ0v) is 10.2. The Labute approximate surface area is 101 Å². The number of hydrogen-bond donors (Lipinski definition) is 1. The van der Waals surface area contributed by atoms with Gasteiger partial charge in [0.05, 0.1) is 11.0 Å². The van der Waals surface area contributed by atoms with Gasteiger partial charge in [-0.1, -0.05) is 13.8 Å². The summed E-state index contributed by atoms with van der Waals surface area (Å²) in [5, 5.41) is 19.8. The van der Waals surface area contributed by atoms with Crippen LogP contribution in [-0.2, 0) is 0 Å². The lowest BCUT2D eigenvalue weighted by atomic mass is 10.2. The number of β-amino-alcohol motifs (C(OH)–C–C–N with tert-alkyl or cyclic N) is 1. The van der Waals surface area contributed by atoms with E-state index in [1.54, 1.807) is 12.1 Å². The molecule has 1 fully saturated rings. The number of anilines is 1. The average Bonchev–Trinajstić information content (AvgIpc) is 2.79. The molecule has 1 heterocycles. The van der Waals surface area contributed by atoms with Crippen LogP contribution in [0.15, 0.2) is 24.3 Å². The van der Waals surface area contributed by atoms with Gasteiger partial charge in [0.2, 0.25) is 0 Å². The maximum atomic E-state index is 10.4. The van der Waals surface area contributed by atoms with Crippen molar-refractivity contribution in [1.29, 1.82) is 0 Å². The van der Waals surface area contributed by atoms with Crippen LogP contribution in [0.1, 0.15) is 20.3 Å². The largest absolute Gasteiger partial charge is 0.391 e. The summed E-state index contributed by atoms with van der Waals surface area (Å²) in [7, 11) is 0. The van der Waals surface area contributed by atoms with Crippen LogP contribution in [0.25, 0.3) is 0 Å². The molecule has 2 rings (SSSR count). The van der Waals surface area contributed by atoms with E-state index in [1.807, 2.05) is 18.7 Å². The highest BCUT2D eigenvalue weighted by atomic mass is 16.6. The van der Waals surface area contributed by atoms with E-state index in [2.05, 4.69) is 0 Å². The first-order valence-corrected chi connectivity index (χ1v) is 5.84. The van der Waals surface area contributed by atoms with Crippen LogP contribution >= 0.6 is 0 Å². The van der Waals surface area contributed by atoms with Gasteiger partial charge in [0.25, 0.3) is 5.69 Å². The number of rotatable bonds is 2. The second-order valence-corrected chi connectivity index (χ2v) is 3.66. The van der Waals surface area contributed by atoms with Crippen LogP contribution < -0.4 is 4.90 Å². The molecule has 5 nitrogen and oxygen atoms in total. The summed E-state index contributed by atoms with van der Waals surface area (Å²) in [4.78, 5) is 12.0. The highest BCUT2D eigenvalue weighted by Crippen LogP contribution is 2.22. The summed E-state index contributed by atoms with van der Waals surface area (Å²) in [5.41, 5.74) is 1.02. The lowest BCUT2D eigenvalue weighted by Crippen LogP contribution is -2.20. The number of nitrogens with zero attached hydrogens (tertiary/aromatic N) is 2. The Morgan fingerprint density at radius 1 is 1.35 bits per heavy atom. The molecule has 1 aliphatic rings. The minimum atomic E-state index is -0.414. The first-order chi connectivity index (χ1) is 8.16. The van der Waals surface area contributed by atoms with Gasteiger partial charge in [-0.2, -0.15) is 0 Å². The minimum absolute atomic E-state index is 0.0958. The molecule has 0 amide bonds. The first-order valence-electron chi connectivity index (χ1n) is 5.84. The second-order valence-electron chi connectivity index (χ2n) is 3.66. The predicted octanol–water partition coefficient (Wildman–Crippen LogP) is 2.19. The Kier molecular flexibility index (Phi) is 4.90. The molecule has 1 N–H and O–H groups in total. The highest BCUT2D eigenvalue weighted by Gasteiger charge is 2.20. The van der Waals surface area contributed by atoms with Gasteiger partial charge in [-0.25, -0.2) is 0 Å². The lowest BCUT2D eigenvalue weighted by molar-refractivity contribution is -0.384. The number of nitro groups is 1. The van der Waals surface area contributed by atoms with Crippen LogP contribution in [0.5, 0.6) is 0 Å². The number of non-ortho nitro benzene ring substituents is 1. The Balaban J connectivity index is 0.000000686. The molecule has 0 saturated carbocycles. The number of nitro benzene ring substituents is 1. The average molecular weight is 238 g/mol. The van der Waals surface area contributed by atoms with E-state index in [0.29, 0.717) is 6.54 Å². The van der Waals surface area contributed by atoms with E-state index >= 15 is 0 Å². The molecule has 0 aliphatic carbocycles. The molecule has 94 valence electrons. The molecule has 1 aromatic rings. The fourth-order valence-corrected chi connectivity index (χ4v) is 1.76. The first kappa shape index (κ1) is 13.4. The molecular weight excluding hydrogens is 220 g/mol. The quantitative estimate of drug-likeness (QED) is 0.633. The van der Waals surface area contributed by atoms with Crippen LogP contribution in [0.2, 0.25) is 0 Å². The van der Waals surface area contributed by atoms with E-state index < -0.39 is 4.92 Å². The number of hydrogen-bond acceptors (Lipinski definition) is 4. The molecule has 1 atom stereocenters. The molecule has 1 aliphatic heterocycles. The molecule has 1 unspecified atom stereocenters. The fraction of sp³-hybridized carbons (Fsp3) is 0.500. The van der Waals surface area contributed by atoms with Crippen molar-refractivity contribution in [3.8, 4) is 0 Å². The monoisotopic (exact) mass is 238 g/mol. The number of aliphatic hydroxyl groups excluding tert-OH is 1. The molecule has 0 bridgehead atoms. The summed E-state index contributed by atoms with van der Waals surface area (Å²) in [5.74, 6) is 0. The summed E-state index contributed by atoms with van der Waals surface area (Å²) in [6.45, 7) is 5.41. The van der Waals surface area contributed by atoms with Crippen molar-refractivity contribution < 1.29 is 10.0 Å². The van der Waals surface area contributed by atoms with E-state index in [4.69, 9.17) is 0 Å². The Morgan fingerprint density at radius 3 is 2.35 bits per heavy atom. The molecule has 0 spiro atoms. The van der Waals surface area contributed by atoms with Gasteiger partial charge in [-0.15, -0.1) is 0 Å². The second kappa shape index (κ2) is 6.20. The van der Waals surface area contributed by atoms with Crippen molar-refractivity contribution in [2.75, 3.05) is 18.0 Å². The smallest absolute Gasteiger partial charge is 0.269 e. The maximum absolute atomic E-state index is 10.4. The molecule has 17 heavy (non-hydrogen) atoms. The normalized spacial score (nSPS) is 18.5. The van der Waals surface area contributed by atoms with E-state index in [9.17, 15) is 15.2 Å². The Bertz CT molecular complexity index is 365. The van der Waals surface area contributed by atoms with Crippen LogP contribution in [0, 0.1) is 10.1 Å². The third-order valence-corrected chi connectivity index (χ3v) is 2.59. The third-order valence-electron chi connectivity index (χ3n) is 2.59. The zero-order chi connectivity index (χ0) is 12.8. The Hall–Kier alpha value is -1.62. The predicted molar refractivity (Wildman–Crippen MR) is 67.3 cm³/mol. The van der Waals surface area contributed by atoms with Gasteiger partial charge in [-0.05, 0) is 18.6 Å². The number of benzene rings is 1. The SMILES string of the molecule is CC.O=[N+]([O-])c1ccc(N2CCC(O)C2)cc1. The van der Waals surface area contributed by atoms with Gasteiger partial charge in [0.15, 0.2) is 0 Å². The van der Waals surface area contributed by atoms with Gasteiger partial charge >= 0.3 is 0 Å². The molecule has 1 saturated heterocycles. The Morgan fingerprint density at radius 2 is 1.94 bits per heavy atom. The van der Waals surface area contributed by atoms with Gasteiger partial charge < -0.3 is 10.0 Å². The minimum Gasteiger partial charge on any atom is -0.391 e. The number of aliphatic hydroxyl groups is 1. The fourth-order valence-electron chi connectivity index (χ4n) is 1.76. The van der Waals surface area contributed by atoms with E-state index in [0.717, 1.165) is 18.7 Å². The van der Waals surface area contributed by atoms with Crippen molar-refractivity contribution in [3.05, 3.63) is 34.4 Å². The summed E-state index contributed by atoms with van der Waals surface area (Å²) < 4.78 is 0. The van der Waals surface area contributed by atoms with Crippen molar-refractivity contribution in [2.24, 2.45) is 0 Å². The van der Waals surface area contributed by atoms with E-state index in [1.165, 1.54) is 12.1 Å². The summed E-state index contributed by atoms with van der Waals surface area (Å²) >= 11 is 0. The third kappa shape index (κ3) is 3.42. The van der Waals surface area contributed by atoms with Gasteiger partial charge in [0.1, 0.15) is 0 Å². The van der Waals surface area contributed by atoms with Crippen molar-refractivity contribution >= 4 is 11.4 Å². The van der Waals surface area contributed by atoms with Crippen molar-refractivity contribution in [2.45, 2.75) is 26.4 Å². The summed E-state index contributed by atoms with van der Waals surface area (Å²) in [6, 6.07) is 6.41. The highest BCUT2D eigenvalue weighted by molar-refractivity contribution is 5.51.